The van der Waals surface area contributed by atoms with Gasteiger partial charge in [-0.2, -0.15) is 0 Å². The normalized spacial score (nSPS) is 19.1. The Kier molecular flexibility index (Phi) is 2.45. The third-order valence-electron chi connectivity index (χ3n) is 3.41. The van der Waals surface area contributed by atoms with Gasteiger partial charge in [0.2, 0.25) is 0 Å². The van der Waals surface area contributed by atoms with Crippen molar-refractivity contribution < 1.29 is 0 Å². The van der Waals surface area contributed by atoms with Crippen molar-refractivity contribution in [3.63, 3.8) is 0 Å². The van der Waals surface area contributed by atoms with E-state index >= 15 is 0 Å². The van der Waals surface area contributed by atoms with Crippen LogP contribution in [0.5, 0.6) is 0 Å². The Balaban J connectivity index is 2.05. The first-order valence-electron chi connectivity index (χ1n) is 5.94. The largest absolute Gasteiger partial charge is 0.261 e. The molecule has 0 saturated carbocycles. The first kappa shape index (κ1) is 9.59. The molecule has 0 aliphatic heterocycles. The molecule has 3 rings (SSSR count). The van der Waals surface area contributed by atoms with Gasteiger partial charge in [0.1, 0.15) is 0 Å². The van der Waals surface area contributed by atoms with E-state index in [4.69, 9.17) is 0 Å². The quantitative estimate of drug-likeness (QED) is 0.700. The van der Waals surface area contributed by atoms with Crippen LogP contribution < -0.4 is 0 Å². The Morgan fingerprint density at radius 1 is 1.00 bits per heavy atom. The van der Waals surface area contributed by atoms with E-state index in [9.17, 15) is 0 Å². The van der Waals surface area contributed by atoms with Crippen molar-refractivity contribution in [3.8, 4) is 0 Å². The maximum Gasteiger partial charge on any atom is 0.0478 e. The number of rotatable bonds is 1. The summed E-state index contributed by atoms with van der Waals surface area (Å²) < 4.78 is 0. The van der Waals surface area contributed by atoms with Gasteiger partial charge in [0.05, 0.1) is 0 Å². The van der Waals surface area contributed by atoms with Crippen molar-refractivity contribution in [3.05, 3.63) is 65.5 Å². The number of aromatic nitrogens is 1. The van der Waals surface area contributed by atoms with E-state index in [0.29, 0.717) is 5.92 Å². The number of benzene rings is 1. The van der Waals surface area contributed by atoms with Crippen LogP contribution in [-0.2, 0) is 6.42 Å². The van der Waals surface area contributed by atoms with E-state index in [1.54, 1.807) is 0 Å². The molecule has 80 valence electrons. The molecule has 0 amide bonds. The lowest BCUT2D eigenvalue weighted by molar-refractivity contribution is 0.604. The minimum Gasteiger partial charge on any atom is -0.261 e. The molecule has 1 heteroatoms. The van der Waals surface area contributed by atoms with Gasteiger partial charge in [-0.25, -0.2) is 0 Å². The van der Waals surface area contributed by atoms with Gasteiger partial charge in [-0.3, -0.25) is 4.98 Å². The highest BCUT2D eigenvalue weighted by Gasteiger charge is 2.21. The predicted octanol–water partition coefficient (Wildman–Crippen LogP) is 3.55. The van der Waals surface area contributed by atoms with Crippen molar-refractivity contribution in [1.82, 2.24) is 4.98 Å². The van der Waals surface area contributed by atoms with Crippen molar-refractivity contribution in [2.45, 2.75) is 25.2 Å². The number of aryl methyl sites for hydroxylation is 1. The second kappa shape index (κ2) is 4.09. The molecule has 1 aliphatic rings. The summed E-state index contributed by atoms with van der Waals surface area (Å²) in [4.78, 5) is 4.50. The summed E-state index contributed by atoms with van der Waals surface area (Å²) in [7, 11) is 0. The number of pyridine rings is 1. The fourth-order valence-electron chi connectivity index (χ4n) is 2.64. The smallest absolute Gasteiger partial charge is 0.0478 e. The van der Waals surface area contributed by atoms with Gasteiger partial charge in [0.25, 0.3) is 0 Å². The highest BCUT2D eigenvalue weighted by atomic mass is 14.7. The van der Waals surface area contributed by atoms with E-state index in [1.807, 2.05) is 12.3 Å². The average molecular weight is 209 g/mol. The minimum atomic E-state index is 0.506. The van der Waals surface area contributed by atoms with Crippen molar-refractivity contribution in [2.24, 2.45) is 0 Å². The monoisotopic (exact) mass is 209 g/mol. The molecule has 0 unspecified atom stereocenters. The molecule has 1 nitrogen and oxygen atoms in total. The number of nitrogens with zero attached hydrogens (tertiary/aromatic N) is 1. The molecule has 0 N–H and O–H groups in total. The molecule has 0 bridgehead atoms. The molecule has 16 heavy (non-hydrogen) atoms. The molecule has 1 aromatic carbocycles. The van der Waals surface area contributed by atoms with Crippen LogP contribution in [0.15, 0.2) is 48.7 Å². The van der Waals surface area contributed by atoms with Gasteiger partial charge in [-0.1, -0.05) is 30.3 Å². The van der Waals surface area contributed by atoms with Crippen LogP contribution in [-0.4, -0.2) is 4.98 Å². The number of fused-ring (bicyclic) bond motifs is 1. The van der Waals surface area contributed by atoms with Crippen LogP contribution in [0.1, 0.15) is 35.6 Å². The molecular weight excluding hydrogens is 194 g/mol. The van der Waals surface area contributed by atoms with E-state index in [0.717, 1.165) is 0 Å². The Bertz CT molecular complexity index is 476. The first-order valence-corrected chi connectivity index (χ1v) is 5.94. The molecular formula is C15H15N. The van der Waals surface area contributed by atoms with Crippen molar-refractivity contribution in [2.75, 3.05) is 0 Å². The summed E-state index contributed by atoms with van der Waals surface area (Å²) in [6, 6.07) is 15.0. The molecule has 1 atom stereocenters. The van der Waals surface area contributed by atoms with Gasteiger partial charge in [-0.15, -0.1) is 0 Å². The lowest BCUT2D eigenvalue weighted by atomic mass is 9.81. The summed E-state index contributed by atoms with van der Waals surface area (Å²) in [5.74, 6) is 0.506. The molecule has 0 fully saturated rings. The molecule has 1 aromatic heterocycles. The van der Waals surface area contributed by atoms with Crippen LogP contribution in [0.2, 0.25) is 0 Å². The Labute approximate surface area is 96.2 Å². The van der Waals surface area contributed by atoms with Gasteiger partial charge in [0.15, 0.2) is 0 Å². The summed E-state index contributed by atoms with van der Waals surface area (Å²) in [5, 5.41) is 0. The SMILES string of the molecule is c1ccc([C@H]2CCCc3ccccc32)nc1. The van der Waals surface area contributed by atoms with Gasteiger partial charge < -0.3 is 0 Å². The van der Waals surface area contributed by atoms with E-state index in [1.165, 1.54) is 36.1 Å². The molecule has 0 radical (unpaired) electrons. The van der Waals surface area contributed by atoms with Crippen molar-refractivity contribution >= 4 is 0 Å². The average Bonchev–Trinajstić information content (AvgIpc) is 2.39. The Hall–Kier alpha value is -1.63. The van der Waals surface area contributed by atoms with Crippen LogP contribution >= 0.6 is 0 Å². The second-order valence-electron chi connectivity index (χ2n) is 4.40. The molecule has 0 spiro atoms. The standard InChI is InChI=1S/C15H15N/c1-2-8-13-12(6-1)7-5-9-14(13)15-10-3-4-11-16-15/h1-4,6,8,10-11,14H,5,7,9H2/t14-/m0/s1. The lowest BCUT2D eigenvalue weighted by Gasteiger charge is -2.24. The van der Waals surface area contributed by atoms with Gasteiger partial charge in [-0.05, 0) is 42.5 Å². The van der Waals surface area contributed by atoms with Crippen LogP contribution in [0.4, 0.5) is 0 Å². The van der Waals surface area contributed by atoms with Crippen molar-refractivity contribution in [1.29, 1.82) is 0 Å². The highest BCUT2D eigenvalue weighted by molar-refractivity contribution is 5.37. The van der Waals surface area contributed by atoms with E-state index < -0.39 is 0 Å². The lowest BCUT2D eigenvalue weighted by Crippen LogP contribution is -2.11. The summed E-state index contributed by atoms with van der Waals surface area (Å²) >= 11 is 0. The Morgan fingerprint density at radius 2 is 1.88 bits per heavy atom. The van der Waals surface area contributed by atoms with E-state index in [-0.39, 0.29) is 0 Å². The van der Waals surface area contributed by atoms with Crippen LogP contribution in [0, 0.1) is 0 Å². The molecule has 1 aliphatic carbocycles. The maximum atomic E-state index is 4.50. The third kappa shape index (κ3) is 1.63. The number of hydrogen-bond donors (Lipinski definition) is 0. The van der Waals surface area contributed by atoms with Gasteiger partial charge >= 0.3 is 0 Å². The zero-order valence-electron chi connectivity index (χ0n) is 9.26. The zero-order chi connectivity index (χ0) is 10.8. The fraction of sp³-hybridized carbons (Fsp3) is 0.267. The summed E-state index contributed by atoms with van der Waals surface area (Å²) in [6.45, 7) is 0. The Morgan fingerprint density at radius 3 is 2.75 bits per heavy atom. The first-order chi connectivity index (χ1) is 7.95. The topological polar surface area (TPSA) is 12.9 Å². The van der Waals surface area contributed by atoms with Crippen LogP contribution in [0.3, 0.4) is 0 Å². The third-order valence-corrected chi connectivity index (χ3v) is 3.41. The summed E-state index contributed by atoms with van der Waals surface area (Å²) in [6.07, 6.45) is 5.62. The van der Waals surface area contributed by atoms with Crippen LogP contribution in [0.25, 0.3) is 0 Å². The number of hydrogen-bond acceptors (Lipinski definition) is 1. The molecule has 0 saturated heterocycles. The molecule has 2 aromatic rings. The maximum absolute atomic E-state index is 4.50. The predicted molar refractivity (Wildman–Crippen MR) is 65.5 cm³/mol. The highest BCUT2D eigenvalue weighted by Crippen LogP contribution is 2.35. The minimum absolute atomic E-state index is 0.506. The molecule has 1 heterocycles. The fourth-order valence-corrected chi connectivity index (χ4v) is 2.64. The van der Waals surface area contributed by atoms with E-state index in [2.05, 4.69) is 41.4 Å². The zero-order valence-corrected chi connectivity index (χ0v) is 9.26. The second-order valence-corrected chi connectivity index (χ2v) is 4.40. The van der Waals surface area contributed by atoms with Gasteiger partial charge in [0, 0.05) is 17.8 Å². The summed E-state index contributed by atoms with van der Waals surface area (Å²) in [5.41, 5.74) is 4.20.